The molecule has 0 radical (unpaired) electrons. The lowest BCUT2D eigenvalue weighted by atomic mass is 10.1. The lowest BCUT2D eigenvalue weighted by Crippen LogP contribution is -2.45. The molecule has 8 nitrogen and oxygen atoms in total. The van der Waals surface area contributed by atoms with Gasteiger partial charge in [0, 0.05) is 45.5 Å². The van der Waals surface area contributed by atoms with Crippen LogP contribution in [0.15, 0.2) is 4.99 Å². The molecule has 2 atom stereocenters. The van der Waals surface area contributed by atoms with E-state index in [1.807, 2.05) is 18.7 Å². The Kier molecular flexibility index (Phi) is 9.00. The maximum atomic E-state index is 11.6. The minimum Gasteiger partial charge on any atom is -0.356 e. The third-order valence-corrected chi connectivity index (χ3v) is 6.32. The van der Waals surface area contributed by atoms with E-state index in [-0.39, 0.29) is 30.0 Å². The van der Waals surface area contributed by atoms with E-state index in [0.29, 0.717) is 25.6 Å². The Morgan fingerprint density at radius 3 is 2.56 bits per heavy atom. The third-order valence-electron chi connectivity index (χ3n) is 5.05. The number of guanidine groups is 1. The normalized spacial score (nSPS) is 19.6. The molecular formula is C17H33IN6O2S. The van der Waals surface area contributed by atoms with Crippen molar-refractivity contribution in [2.75, 3.05) is 32.9 Å². The first-order chi connectivity index (χ1) is 12.1. The molecule has 156 valence electrons. The van der Waals surface area contributed by atoms with Crippen LogP contribution >= 0.6 is 24.0 Å². The quantitative estimate of drug-likeness (QED) is 0.338. The second-order valence-electron chi connectivity index (χ2n) is 7.25. The number of aryl methyl sites for hydroxylation is 2. The molecule has 2 unspecified atom stereocenters. The molecule has 0 aromatic carbocycles. The molecule has 0 bridgehead atoms. The van der Waals surface area contributed by atoms with E-state index < -0.39 is 10.0 Å². The van der Waals surface area contributed by atoms with Gasteiger partial charge in [-0.1, -0.05) is 0 Å². The predicted molar refractivity (Wildman–Crippen MR) is 120 cm³/mol. The number of aromatic nitrogens is 2. The lowest BCUT2D eigenvalue weighted by molar-refractivity contribution is 0.458. The smallest absolute Gasteiger partial charge is 0.211 e. The standard InChI is InChI=1S/C17H32N6O2S.HI/c1-12(9-16-13(2)21-22(5)14(16)3)20-17(18-4)19-10-15-7-8-23(11-15)26(6,24)25;/h12,15H,7-11H2,1-6H3,(H2,18,19,20);1H. The van der Waals surface area contributed by atoms with Crippen LogP contribution in [0.1, 0.15) is 30.3 Å². The van der Waals surface area contributed by atoms with E-state index in [0.717, 1.165) is 24.5 Å². The van der Waals surface area contributed by atoms with Gasteiger partial charge < -0.3 is 10.6 Å². The predicted octanol–water partition coefficient (Wildman–Crippen LogP) is 1.03. The van der Waals surface area contributed by atoms with Crippen molar-refractivity contribution < 1.29 is 8.42 Å². The summed E-state index contributed by atoms with van der Waals surface area (Å²) in [6.07, 6.45) is 3.02. The van der Waals surface area contributed by atoms with Crippen LogP contribution in [0.25, 0.3) is 0 Å². The van der Waals surface area contributed by atoms with Gasteiger partial charge in [0.05, 0.1) is 11.9 Å². The molecule has 2 rings (SSSR count). The average molecular weight is 512 g/mol. The molecule has 2 heterocycles. The number of nitrogens with zero attached hydrogens (tertiary/aromatic N) is 4. The number of hydrogen-bond donors (Lipinski definition) is 2. The van der Waals surface area contributed by atoms with Gasteiger partial charge in [0.15, 0.2) is 5.96 Å². The maximum Gasteiger partial charge on any atom is 0.211 e. The van der Waals surface area contributed by atoms with Crippen molar-refractivity contribution >= 4 is 40.0 Å². The van der Waals surface area contributed by atoms with Crippen molar-refractivity contribution in [3.63, 3.8) is 0 Å². The maximum absolute atomic E-state index is 11.6. The van der Waals surface area contributed by atoms with Crippen LogP contribution in [0.4, 0.5) is 0 Å². The summed E-state index contributed by atoms with van der Waals surface area (Å²) < 4.78 is 26.7. The molecule has 0 spiro atoms. The highest BCUT2D eigenvalue weighted by Gasteiger charge is 2.28. The van der Waals surface area contributed by atoms with Gasteiger partial charge in [-0.05, 0) is 45.1 Å². The fourth-order valence-electron chi connectivity index (χ4n) is 3.40. The SMILES string of the molecule is CN=C(NCC1CCN(S(C)(=O)=O)C1)NC(C)Cc1c(C)nn(C)c1C.I. The van der Waals surface area contributed by atoms with Crippen LogP contribution in [-0.2, 0) is 23.5 Å². The second-order valence-corrected chi connectivity index (χ2v) is 9.23. The van der Waals surface area contributed by atoms with Crippen molar-refractivity contribution in [3.05, 3.63) is 17.0 Å². The molecule has 0 saturated carbocycles. The average Bonchev–Trinajstić information content (AvgIpc) is 3.12. The van der Waals surface area contributed by atoms with Crippen molar-refractivity contribution in [1.82, 2.24) is 24.7 Å². The van der Waals surface area contributed by atoms with Gasteiger partial charge in [-0.2, -0.15) is 5.10 Å². The van der Waals surface area contributed by atoms with Gasteiger partial charge >= 0.3 is 0 Å². The van der Waals surface area contributed by atoms with Crippen molar-refractivity contribution in [3.8, 4) is 0 Å². The summed E-state index contributed by atoms with van der Waals surface area (Å²) >= 11 is 0. The molecule has 1 saturated heterocycles. The number of halogens is 1. The summed E-state index contributed by atoms with van der Waals surface area (Å²) in [5.41, 5.74) is 3.52. The molecule has 0 aliphatic carbocycles. The number of rotatable bonds is 6. The summed E-state index contributed by atoms with van der Waals surface area (Å²) in [5.74, 6) is 1.05. The first kappa shape index (κ1) is 24.2. The highest BCUT2D eigenvalue weighted by Crippen LogP contribution is 2.18. The molecule has 1 fully saturated rings. The summed E-state index contributed by atoms with van der Waals surface area (Å²) in [5, 5.41) is 11.2. The first-order valence-electron chi connectivity index (χ1n) is 9.03. The zero-order valence-electron chi connectivity index (χ0n) is 17.1. The zero-order chi connectivity index (χ0) is 19.5. The van der Waals surface area contributed by atoms with Crippen LogP contribution in [0.5, 0.6) is 0 Å². The number of sulfonamides is 1. The molecule has 1 aromatic rings. The Bertz CT molecular complexity index is 762. The monoisotopic (exact) mass is 512 g/mol. The van der Waals surface area contributed by atoms with Crippen LogP contribution in [0.2, 0.25) is 0 Å². The fourth-order valence-corrected chi connectivity index (χ4v) is 4.32. The van der Waals surface area contributed by atoms with Crippen molar-refractivity contribution in [2.45, 2.75) is 39.7 Å². The van der Waals surface area contributed by atoms with E-state index in [2.05, 4.69) is 34.6 Å². The second kappa shape index (κ2) is 10.1. The van der Waals surface area contributed by atoms with E-state index >= 15 is 0 Å². The number of hydrogen-bond acceptors (Lipinski definition) is 4. The van der Waals surface area contributed by atoms with Gasteiger partial charge in [-0.3, -0.25) is 9.67 Å². The zero-order valence-corrected chi connectivity index (χ0v) is 20.3. The van der Waals surface area contributed by atoms with E-state index in [1.54, 1.807) is 11.4 Å². The van der Waals surface area contributed by atoms with Gasteiger partial charge in [-0.15, -0.1) is 24.0 Å². The highest BCUT2D eigenvalue weighted by atomic mass is 127. The molecule has 1 aliphatic rings. The Hall–Kier alpha value is -0.880. The lowest BCUT2D eigenvalue weighted by Gasteiger charge is -2.20. The topological polar surface area (TPSA) is 91.6 Å². The van der Waals surface area contributed by atoms with Crippen molar-refractivity contribution in [2.24, 2.45) is 18.0 Å². The van der Waals surface area contributed by atoms with E-state index in [4.69, 9.17) is 0 Å². The van der Waals surface area contributed by atoms with Gasteiger partial charge in [0.25, 0.3) is 0 Å². The van der Waals surface area contributed by atoms with Gasteiger partial charge in [0.1, 0.15) is 0 Å². The largest absolute Gasteiger partial charge is 0.356 e. The Morgan fingerprint density at radius 1 is 1.41 bits per heavy atom. The minimum atomic E-state index is -3.09. The number of aliphatic imine (C=N–C) groups is 1. The third kappa shape index (κ3) is 6.60. The van der Waals surface area contributed by atoms with Crippen LogP contribution in [0, 0.1) is 19.8 Å². The summed E-state index contributed by atoms with van der Waals surface area (Å²) in [7, 11) is 0.627. The van der Waals surface area contributed by atoms with E-state index in [1.165, 1.54) is 17.5 Å². The highest BCUT2D eigenvalue weighted by molar-refractivity contribution is 14.0. The van der Waals surface area contributed by atoms with Crippen LogP contribution < -0.4 is 10.6 Å². The Morgan fingerprint density at radius 2 is 2.07 bits per heavy atom. The first-order valence-corrected chi connectivity index (χ1v) is 10.9. The summed E-state index contributed by atoms with van der Waals surface area (Å²) in [6.45, 7) is 8.14. The summed E-state index contributed by atoms with van der Waals surface area (Å²) in [4.78, 5) is 4.29. The molecule has 27 heavy (non-hydrogen) atoms. The Balaban J connectivity index is 0.00000364. The molecule has 2 N–H and O–H groups in total. The van der Waals surface area contributed by atoms with Crippen molar-refractivity contribution in [1.29, 1.82) is 0 Å². The number of nitrogens with one attached hydrogen (secondary N) is 2. The molecule has 1 aliphatic heterocycles. The molecular weight excluding hydrogens is 479 g/mol. The van der Waals surface area contributed by atoms with Gasteiger partial charge in [-0.25, -0.2) is 12.7 Å². The van der Waals surface area contributed by atoms with Crippen LogP contribution in [-0.4, -0.2) is 67.4 Å². The summed E-state index contributed by atoms with van der Waals surface area (Å²) in [6, 6.07) is 0.207. The molecule has 0 amide bonds. The molecule has 10 heteroatoms. The fraction of sp³-hybridized carbons (Fsp3) is 0.765. The van der Waals surface area contributed by atoms with Crippen LogP contribution in [0.3, 0.4) is 0 Å². The molecule has 1 aromatic heterocycles. The van der Waals surface area contributed by atoms with Gasteiger partial charge in [0.2, 0.25) is 10.0 Å². The van der Waals surface area contributed by atoms with E-state index in [9.17, 15) is 8.42 Å². The minimum absolute atomic E-state index is 0. The Labute approximate surface area is 180 Å².